The Balaban J connectivity index is 1.92. The molecule has 1 aromatic carbocycles. The van der Waals surface area contributed by atoms with Crippen molar-refractivity contribution in [1.29, 1.82) is 0 Å². The van der Waals surface area contributed by atoms with Crippen LogP contribution in [0.25, 0.3) is 10.6 Å². The van der Waals surface area contributed by atoms with Gasteiger partial charge in [0.25, 0.3) is 0 Å². The van der Waals surface area contributed by atoms with Gasteiger partial charge in [-0.2, -0.15) is 0 Å². The molecule has 1 aliphatic carbocycles. The van der Waals surface area contributed by atoms with Crippen molar-refractivity contribution in [2.75, 3.05) is 6.61 Å². The third kappa shape index (κ3) is 2.54. The minimum atomic E-state index is -0.339. The van der Waals surface area contributed by atoms with Crippen LogP contribution in [0, 0.1) is 0 Å². The fourth-order valence-corrected chi connectivity index (χ4v) is 2.97. The molecule has 0 N–H and O–H groups in total. The molecule has 3 nitrogen and oxygen atoms in total. The third-order valence-corrected chi connectivity index (χ3v) is 4.07. The van der Waals surface area contributed by atoms with Gasteiger partial charge in [0.1, 0.15) is 5.01 Å². The van der Waals surface area contributed by atoms with Crippen molar-refractivity contribution in [3.05, 3.63) is 40.9 Å². The van der Waals surface area contributed by atoms with Gasteiger partial charge in [0.15, 0.2) is 5.69 Å². The van der Waals surface area contributed by atoms with Gasteiger partial charge in [-0.05, 0) is 31.2 Å². The van der Waals surface area contributed by atoms with Gasteiger partial charge in [-0.3, -0.25) is 0 Å². The van der Waals surface area contributed by atoms with Crippen LogP contribution in [-0.4, -0.2) is 17.6 Å². The summed E-state index contributed by atoms with van der Waals surface area (Å²) in [5.41, 5.74) is 2.92. The molecule has 3 rings (SSSR count). The molecule has 98 valence electrons. The van der Waals surface area contributed by atoms with Crippen LogP contribution < -0.4 is 0 Å². The summed E-state index contributed by atoms with van der Waals surface area (Å²) < 4.78 is 4.97. The summed E-state index contributed by atoms with van der Waals surface area (Å²) in [6.07, 6.45) is 2.51. The van der Waals surface area contributed by atoms with Crippen LogP contribution in [0.5, 0.6) is 0 Å². The molecule has 1 fully saturated rings. The van der Waals surface area contributed by atoms with Crippen LogP contribution in [0.3, 0.4) is 0 Å². The minimum absolute atomic E-state index is 0.339. The Hall–Kier alpha value is -1.68. The highest BCUT2D eigenvalue weighted by Gasteiger charge is 2.27. The van der Waals surface area contributed by atoms with E-state index in [0.717, 1.165) is 10.6 Å². The van der Waals surface area contributed by atoms with E-state index in [0.29, 0.717) is 18.2 Å². The lowest BCUT2D eigenvalue weighted by molar-refractivity contribution is 0.0520. The van der Waals surface area contributed by atoms with E-state index < -0.39 is 0 Å². The molecule has 0 unspecified atom stereocenters. The summed E-state index contributed by atoms with van der Waals surface area (Å²) >= 11 is 1.50. The summed E-state index contributed by atoms with van der Waals surface area (Å²) in [4.78, 5) is 16.1. The number of hydrogen-bond donors (Lipinski definition) is 0. The molecule has 0 saturated heterocycles. The fourth-order valence-electron chi connectivity index (χ4n) is 2.14. The summed E-state index contributed by atoms with van der Waals surface area (Å²) in [6, 6.07) is 8.34. The van der Waals surface area contributed by atoms with E-state index in [-0.39, 0.29) is 5.97 Å². The standard InChI is InChI=1S/C15H15NO2S/c1-2-18-15(17)13-9-19-14(16-13)12-6-4-3-5-11(12)10-7-8-10/h3-6,9-10H,2,7-8H2,1H3. The SMILES string of the molecule is CCOC(=O)c1csc(-c2ccccc2C2CC2)n1. The molecule has 1 saturated carbocycles. The van der Waals surface area contributed by atoms with Gasteiger partial charge in [0.05, 0.1) is 6.61 Å². The van der Waals surface area contributed by atoms with Gasteiger partial charge >= 0.3 is 5.97 Å². The average Bonchev–Trinajstić information content (AvgIpc) is 3.16. The van der Waals surface area contributed by atoms with Gasteiger partial charge in [-0.25, -0.2) is 9.78 Å². The van der Waals surface area contributed by atoms with Crippen LogP contribution in [0.1, 0.15) is 41.7 Å². The predicted molar refractivity (Wildman–Crippen MR) is 75.5 cm³/mol. The molecule has 0 atom stereocenters. The molecule has 1 aliphatic rings. The van der Waals surface area contributed by atoms with Gasteiger partial charge in [0, 0.05) is 10.9 Å². The van der Waals surface area contributed by atoms with Gasteiger partial charge in [0.2, 0.25) is 0 Å². The Kier molecular flexibility index (Phi) is 3.34. The summed E-state index contributed by atoms with van der Waals surface area (Å²) in [5, 5.41) is 2.68. The van der Waals surface area contributed by atoms with E-state index >= 15 is 0 Å². The maximum Gasteiger partial charge on any atom is 0.357 e. The molecule has 0 bridgehead atoms. The first kappa shape index (κ1) is 12.4. The third-order valence-electron chi connectivity index (χ3n) is 3.20. The van der Waals surface area contributed by atoms with E-state index in [9.17, 15) is 4.79 Å². The van der Waals surface area contributed by atoms with Crippen molar-refractivity contribution in [3.8, 4) is 10.6 Å². The van der Waals surface area contributed by atoms with E-state index in [2.05, 4.69) is 23.2 Å². The van der Waals surface area contributed by atoms with Gasteiger partial charge in [-0.15, -0.1) is 11.3 Å². The van der Waals surface area contributed by atoms with E-state index in [1.807, 2.05) is 6.07 Å². The van der Waals surface area contributed by atoms with E-state index in [1.54, 1.807) is 12.3 Å². The first-order valence-electron chi connectivity index (χ1n) is 6.51. The van der Waals surface area contributed by atoms with Crippen molar-refractivity contribution >= 4 is 17.3 Å². The maximum atomic E-state index is 11.6. The van der Waals surface area contributed by atoms with Crippen molar-refractivity contribution in [2.45, 2.75) is 25.7 Å². The first-order chi connectivity index (χ1) is 9.29. The highest BCUT2D eigenvalue weighted by molar-refractivity contribution is 7.13. The molecular formula is C15H15NO2S. The lowest BCUT2D eigenvalue weighted by atomic mass is 10.0. The second kappa shape index (κ2) is 5.13. The normalized spacial score (nSPS) is 14.4. The zero-order valence-corrected chi connectivity index (χ0v) is 11.6. The zero-order valence-electron chi connectivity index (χ0n) is 10.8. The Bertz CT molecular complexity index is 602. The highest BCUT2D eigenvalue weighted by Crippen LogP contribution is 2.44. The second-order valence-corrected chi connectivity index (χ2v) is 5.48. The van der Waals surface area contributed by atoms with Crippen LogP contribution >= 0.6 is 11.3 Å². The number of carbonyl (C=O) groups excluding carboxylic acids is 1. The smallest absolute Gasteiger partial charge is 0.357 e. The number of hydrogen-bond acceptors (Lipinski definition) is 4. The van der Waals surface area contributed by atoms with Gasteiger partial charge in [-0.1, -0.05) is 24.3 Å². The molecule has 2 aromatic rings. The summed E-state index contributed by atoms with van der Waals surface area (Å²) in [6.45, 7) is 2.18. The Morgan fingerprint density at radius 1 is 1.42 bits per heavy atom. The van der Waals surface area contributed by atoms with Crippen molar-refractivity contribution in [1.82, 2.24) is 4.98 Å². The lowest BCUT2D eigenvalue weighted by Gasteiger charge is -2.04. The number of esters is 1. The van der Waals surface area contributed by atoms with Crippen molar-refractivity contribution in [2.24, 2.45) is 0 Å². The van der Waals surface area contributed by atoms with Gasteiger partial charge < -0.3 is 4.74 Å². The number of benzene rings is 1. The summed E-state index contributed by atoms with van der Waals surface area (Å²) in [7, 11) is 0. The van der Waals surface area contributed by atoms with Crippen molar-refractivity contribution in [3.63, 3.8) is 0 Å². The quantitative estimate of drug-likeness (QED) is 0.794. The molecule has 0 spiro atoms. The van der Waals surface area contributed by atoms with Crippen LogP contribution in [0.4, 0.5) is 0 Å². The molecule has 1 heterocycles. The molecular weight excluding hydrogens is 258 g/mol. The molecule has 19 heavy (non-hydrogen) atoms. The topological polar surface area (TPSA) is 39.2 Å². The molecule has 0 amide bonds. The number of carbonyl (C=O) groups is 1. The first-order valence-corrected chi connectivity index (χ1v) is 7.39. The predicted octanol–water partition coefficient (Wildman–Crippen LogP) is 3.86. The number of ether oxygens (including phenoxy) is 1. The Morgan fingerprint density at radius 2 is 2.21 bits per heavy atom. The van der Waals surface area contributed by atoms with Crippen molar-refractivity contribution < 1.29 is 9.53 Å². The molecule has 4 heteroatoms. The van der Waals surface area contributed by atoms with Crippen LogP contribution in [0.2, 0.25) is 0 Å². The zero-order chi connectivity index (χ0) is 13.2. The highest BCUT2D eigenvalue weighted by atomic mass is 32.1. The Labute approximate surface area is 116 Å². The summed E-state index contributed by atoms with van der Waals surface area (Å²) in [5.74, 6) is 0.333. The molecule has 1 aromatic heterocycles. The monoisotopic (exact) mass is 273 g/mol. The van der Waals surface area contributed by atoms with Crippen LogP contribution in [0.15, 0.2) is 29.6 Å². The minimum Gasteiger partial charge on any atom is -0.461 e. The largest absolute Gasteiger partial charge is 0.461 e. The lowest BCUT2D eigenvalue weighted by Crippen LogP contribution is -2.04. The fraction of sp³-hybridized carbons (Fsp3) is 0.333. The number of aromatic nitrogens is 1. The average molecular weight is 273 g/mol. The second-order valence-electron chi connectivity index (χ2n) is 4.62. The van der Waals surface area contributed by atoms with Crippen LogP contribution in [-0.2, 0) is 4.74 Å². The molecule has 0 aliphatic heterocycles. The molecule has 0 radical (unpaired) electrons. The maximum absolute atomic E-state index is 11.6. The van der Waals surface area contributed by atoms with E-state index in [4.69, 9.17) is 4.74 Å². The number of thiazole rings is 1. The Morgan fingerprint density at radius 3 is 2.95 bits per heavy atom. The number of rotatable bonds is 4. The van der Waals surface area contributed by atoms with E-state index in [1.165, 1.54) is 29.7 Å². The number of nitrogens with zero attached hydrogens (tertiary/aromatic N) is 1.